The number of benzene rings is 2. The van der Waals surface area contributed by atoms with Gasteiger partial charge in [-0.05, 0) is 67.8 Å². The minimum Gasteiger partial charge on any atom is -0.326 e. The molecule has 0 atom stereocenters. The zero-order valence-electron chi connectivity index (χ0n) is 14.5. The summed E-state index contributed by atoms with van der Waals surface area (Å²) in [6.07, 6.45) is 2.39. The fourth-order valence-corrected chi connectivity index (χ4v) is 2.29. The first-order valence-corrected chi connectivity index (χ1v) is 8.28. The van der Waals surface area contributed by atoms with E-state index in [1.165, 1.54) is 5.56 Å². The van der Waals surface area contributed by atoms with Crippen molar-refractivity contribution in [2.45, 2.75) is 40.0 Å². The Labute approximate surface area is 143 Å². The van der Waals surface area contributed by atoms with Crippen molar-refractivity contribution < 1.29 is 9.59 Å². The van der Waals surface area contributed by atoms with Crippen molar-refractivity contribution >= 4 is 23.2 Å². The van der Waals surface area contributed by atoms with Crippen LogP contribution in [0, 0.1) is 13.8 Å². The van der Waals surface area contributed by atoms with Crippen molar-refractivity contribution in [3.63, 3.8) is 0 Å². The Morgan fingerprint density at radius 2 is 1.54 bits per heavy atom. The smallest absolute Gasteiger partial charge is 0.255 e. The van der Waals surface area contributed by atoms with Crippen molar-refractivity contribution in [1.82, 2.24) is 0 Å². The van der Waals surface area contributed by atoms with Gasteiger partial charge in [0.1, 0.15) is 0 Å². The SMILES string of the molecule is CCCCC(=O)Nc1ccc(C(=O)Nc2ccc(C)c(C)c2)cc1. The Kier molecular flexibility index (Phi) is 6.13. The lowest BCUT2D eigenvalue weighted by molar-refractivity contribution is -0.116. The molecule has 126 valence electrons. The van der Waals surface area contributed by atoms with E-state index >= 15 is 0 Å². The Hall–Kier alpha value is -2.62. The Morgan fingerprint density at radius 3 is 2.17 bits per heavy atom. The van der Waals surface area contributed by atoms with E-state index in [4.69, 9.17) is 0 Å². The second-order valence-corrected chi connectivity index (χ2v) is 5.98. The average Bonchev–Trinajstić information content (AvgIpc) is 2.57. The first kappa shape index (κ1) is 17.7. The number of anilines is 2. The molecule has 0 aliphatic carbocycles. The quantitative estimate of drug-likeness (QED) is 0.810. The highest BCUT2D eigenvalue weighted by Gasteiger charge is 2.08. The molecular weight excluding hydrogens is 300 g/mol. The third-order valence-electron chi connectivity index (χ3n) is 3.95. The summed E-state index contributed by atoms with van der Waals surface area (Å²) >= 11 is 0. The van der Waals surface area contributed by atoms with Crippen LogP contribution in [-0.4, -0.2) is 11.8 Å². The summed E-state index contributed by atoms with van der Waals surface area (Å²) in [6.45, 7) is 6.10. The topological polar surface area (TPSA) is 58.2 Å². The standard InChI is InChI=1S/C20H24N2O2/c1-4-5-6-19(23)21-17-11-8-16(9-12-17)20(24)22-18-10-7-14(2)15(3)13-18/h7-13H,4-6H2,1-3H3,(H,21,23)(H,22,24). The number of amides is 2. The van der Waals surface area contributed by atoms with Gasteiger partial charge < -0.3 is 10.6 Å². The molecule has 4 heteroatoms. The van der Waals surface area contributed by atoms with Gasteiger partial charge in [0, 0.05) is 23.4 Å². The maximum absolute atomic E-state index is 12.3. The van der Waals surface area contributed by atoms with Crippen LogP contribution in [0.4, 0.5) is 11.4 Å². The molecule has 0 fully saturated rings. The molecule has 0 aliphatic heterocycles. The lowest BCUT2D eigenvalue weighted by Crippen LogP contribution is -2.13. The van der Waals surface area contributed by atoms with Crippen molar-refractivity contribution in [3.05, 3.63) is 59.2 Å². The maximum Gasteiger partial charge on any atom is 0.255 e. The van der Waals surface area contributed by atoms with E-state index < -0.39 is 0 Å². The van der Waals surface area contributed by atoms with E-state index in [-0.39, 0.29) is 11.8 Å². The average molecular weight is 324 g/mol. The molecule has 2 N–H and O–H groups in total. The summed E-state index contributed by atoms with van der Waals surface area (Å²) in [7, 11) is 0. The number of carbonyl (C=O) groups is 2. The maximum atomic E-state index is 12.3. The number of nitrogens with one attached hydrogen (secondary N) is 2. The first-order chi connectivity index (χ1) is 11.5. The van der Waals surface area contributed by atoms with E-state index in [0.29, 0.717) is 17.7 Å². The van der Waals surface area contributed by atoms with Crippen LogP contribution in [-0.2, 0) is 4.79 Å². The fraction of sp³-hybridized carbons (Fsp3) is 0.300. The number of carbonyl (C=O) groups excluding carboxylic acids is 2. The van der Waals surface area contributed by atoms with Crippen LogP contribution in [0.5, 0.6) is 0 Å². The number of rotatable bonds is 6. The predicted molar refractivity (Wildman–Crippen MR) is 98.5 cm³/mol. The summed E-state index contributed by atoms with van der Waals surface area (Å²) in [5.41, 5.74) is 4.37. The molecule has 2 aromatic rings. The van der Waals surface area contributed by atoms with Gasteiger partial charge >= 0.3 is 0 Å². The zero-order chi connectivity index (χ0) is 17.5. The molecule has 2 aromatic carbocycles. The van der Waals surface area contributed by atoms with E-state index in [0.717, 1.165) is 24.1 Å². The van der Waals surface area contributed by atoms with Crippen molar-refractivity contribution in [3.8, 4) is 0 Å². The Morgan fingerprint density at radius 1 is 0.875 bits per heavy atom. The second-order valence-electron chi connectivity index (χ2n) is 5.98. The minimum absolute atomic E-state index is 0.00387. The highest BCUT2D eigenvalue weighted by atomic mass is 16.2. The van der Waals surface area contributed by atoms with Gasteiger partial charge in [-0.15, -0.1) is 0 Å². The van der Waals surface area contributed by atoms with E-state index in [2.05, 4.69) is 17.6 Å². The summed E-state index contributed by atoms with van der Waals surface area (Å²) in [6, 6.07) is 12.8. The molecule has 0 saturated carbocycles. The van der Waals surface area contributed by atoms with Crippen LogP contribution in [0.25, 0.3) is 0 Å². The molecule has 0 heterocycles. The lowest BCUT2D eigenvalue weighted by atomic mass is 10.1. The summed E-state index contributed by atoms with van der Waals surface area (Å²) in [5, 5.41) is 5.72. The van der Waals surface area contributed by atoms with Gasteiger partial charge in [0.25, 0.3) is 5.91 Å². The number of aryl methyl sites for hydroxylation is 2. The molecule has 0 unspecified atom stereocenters. The Bertz CT molecular complexity index is 721. The fourth-order valence-electron chi connectivity index (χ4n) is 2.29. The predicted octanol–water partition coefficient (Wildman–Crippen LogP) is 4.68. The first-order valence-electron chi connectivity index (χ1n) is 8.28. The highest BCUT2D eigenvalue weighted by Crippen LogP contribution is 2.16. The van der Waals surface area contributed by atoms with E-state index in [1.807, 2.05) is 32.0 Å². The van der Waals surface area contributed by atoms with Gasteiger partial charge in [-0.3, -0.25) is 9.59 Å². The molecule has 0 aromatic heterocycles. The normalized spacial score (nSPS) is 10.3. The van der Waals surface area contributed by atoms with Crippen molar-refractivity contribution in [2.75, 3.05) is 10.6 Å². The van der Waals surface area contributed by atoms with E-state index in [1.54, 1.807) is 24.3 Å². The molecule has 2 amide bonds. The van der Waals surface area contributed by atoms with Crippen molar-refractivity contribution in [2.24, 2.45) is 0 Å². The summed E-state index contributed by atoms with van der Waals surface area (Å²) in [4.78, 5) is 24.0. The zero-order valence-corrected chi connectivity index (χ0v) is 14.5. The molecule has 4 nitrogen and oxygen atoms in total. The van der Waals surface area contributed by atoms with Gasteiger partial charge in [-0.25, -0.2) is 0 Å². The molecule has 2 rings (SSSR count). The molecule has 0 radical (unpaired) electrons. The highest BCUT2D eigenvalue weighted by molar-refractivity contribution is 6.04. The summed E-state index contributed by atoms with van der Waals surface area (Å²) in [5.74, 6) is -0.161. The third-order valence-corrected chi connectivity index (χ3v) is 3.95. The molecule has 24 heavy (non-hydrogen) atoms. The number of unbranched alkanes of at least 4 members (excludes halogenated alkanes) is 1. The molecule has 0 aliphatic rings. The van der Waals surface area contributed by atoms with Gasteiger partial charge in [-0.1, -0.05) is 19.4 Å². The molecule has 0 spiro atoms. The van der Waals surface area contributed by atoms with Gasteiger partial charge in [0.15, 0.2) is 0 Å². The van der Waals surface area contributed by atoms with Crippen LogP contribution < -0.4 is 10.6 Å². The largest absolute Gasteiger partial charge is 0.326 e. The monoisotopic (exact) mass is 324 g/mol. The lowest BCUT2D eigenvalue weighted by Gasteiger charge is -2.09. The number of hydrogen-bond acceptors (Lipinski definition) is 2. The third kappa shape index (κ3) is 4.95. The summed E-state index contributed by atoms with van der Waals surface area (Å²) < 4.78 is 0. The van der Waals surface area contributed by atoms with Gasteiger partial charge in [0.2, 0.25) is 5.91 Å². The molecule has 0 bridgehead atoms. The second kappa shape index (κ2) is 8.29. The van der Waals surface area contributed by atoms with Crippen LogP contribution in [0.3, 0.4) is 0 Å². The molecular formula is C20H24N2O2. The Balaban J connectivity index is 1.98. The van der Waals surface area contributed by atoms with E-state index in [9.17, 15) is 9.59 Å². The van der Waals surface area contributed by atoms with Crippen molar-refractivity contribution in [1.29, 1.82) is 0 Å². The van der Waals surface area contributed by atoms with Gasteiger partial charge in [0.05, 0.1) is 0 Å². The van der Waals surface area contributed by atoms with Gasteiger partial charge in [-0.2, -0.15) is 0 Å². The molecule has 0 saturated heterocycles. The minimum atomic E-state index is -0.165. The van der Waals surface area contributed by atoms with Crippen LogP contribution >= 0.6 is 0 Å². The number of hydrogen-bond donors (Lipinski definition) is 2. The van der Waals surface area contributed by atoms with Crippen LogP contribution in [0.1, 0.15) is 47.7 Å². The van der Waals surface area contributed by atoms with Crippen LogP contribution in [0.15, 0.2) is 42.5 Å². The van der Waals surface area contributed by atoms with Crippen LogP contribution in [0.2, 0.25) is 0 Å².